The van der Waals surface area contributed by atoms with E-state index in [0.717, 1.165) is 12.8 Å². The predicted octanol–water partition coefficient (Wildman–Crippen LogP) is 4.33. The van der Waals surface area contributed by atoms with Gasteiger partial charge in [0.05, 0.1) is 5.69 Å². The summed E-state index contributed by atoms with van der Waals surface area (Å²) >= 11 is 0. The molecule has 2 fully saturated rings. The minimum Gasteiger partial charge on any atom is -0.457 e. The number of carbonyl (C=O) groups excluding carboxylic acids is 3. The lowest BCUT2D eigenvalue weighted by Crippen LogP contribution is -2.50. The number of hydrogen-bond acceptors (Lipinski definition) is 4. The summed E-state index contributed by atoms with van der Waals surface area (Å²) in [5.74, 6) is 1.12. The van der Waals surface area contributed by atoms with E-state index >= 15 is 0 Å². The number of piperidine rings is 1. The van der Waals surface area contributed by atoms with Gasteiger partial charge < -0.3 is 15.0 Å². The number of hydrogen-bond donors (Lipinski definition) is 1. The van der Waals surface area contributed by atoms with Gasteiger partial charge in [-0.05, 0) is 62.1 Å². The van der Waals surface area contributed by atoms with Crippen LogP contribution in [0.3, 0.4) is 0 Å². The van der Waals surface area contributed by atoms with Crippen LogP contribution in [-0.2, 0) is 9.59 Å². The van der Waals surface area contributed by atoms with Gasteiger partial charge >= 0.3 is 6.03 Å². The van der Waals surface area contributed by atoms with Crippen LogP contribution in [-0.4, -0.2) is 41.4 Å². The highest BCUT2D eigenvalue weighted by atomic mass is 16.5. The number of imide groups is 1. The van der Waals surface area contributed by atoms with Gasteiger partial charge in [-0.15, -0.1) is 0 Å². The third-order valence-corrected chi connectivity index (χ3v) is 6.32. The van der Waals surface area contributed by atoms with Crippen molar-refractivity contribution in [3.05, 3.63) is 54.6 Å². The smallest absolute Gasteiger partial charge is 0.332 e. The Bertz CT molecular complexity index is 972. The van der Waals surface area contributed by atoms with Gasteiger partial charge in [-0.2, -0.15) is 0 Å². The van der Waals surface area contributed by atoms with E-state index in [9.17, 15) is 14.4 Å². The van der Waals surface area contributed by atoms with Crippen molar-refractivity contribution in [3.8, 4) is 11.5 Å². The van der Waals surface area contributed by atoms with Crippen LogP contribution in [0.5, 0.6) is 11.5 Å². The number of urea groups is 1. The summed E-state index contributed by atoms with van der Waals surface area (Å²) in [6.07, 6.45) is 2.68. The highest BCUT2D eigenvalue weighted by Crippen LogP contribution is 2.32. The van der Waals surface area contributed by atoms with Crippen LogP contribution in [0.25, 0.3) is 0 Å². The molecule has 1 N–H and O–H groups in total. The molecule has 0 aromatic heterocycles. The molecule has 2 aliphatic rings. The van der Waals surface area contributed by atoms with Crippen LogP contribution in [0.2, 0.25) is 0 Å². The maximum absolute atomic E-state index is 13.1. The quantitative estimate of drug-likeness (QED) is 0.657. The lowest BCUT2D eigenvalue weighted by molar-refractivity contribution is -0.127. The molecule has 2 aliphatic heterocycles. The van der Waals surface area contributed by atoms with E-state index in [1.165, 1.54) is 4.90 Å². The minimum atomic E-state index is -0.538. The molecule has 4 rings (SSSR count). The zero-order chi connectivity index (χ0) is 22.7. The van der Waals surface area contributed by atoms with E-state index in [0.29, 0.717) is 36.6 Å². The van der Waals surface area contributed by atoms with Crippen LogP contribution in [0, 0.1) is 5.92 Å². The molecular weight excluding hydrogens is 406 g/mol. The van der Waals surface area contributed by atoms with Crippen molar-refractivity contribution < 1.29 is 19.1 Å². The second kappa shape index (κ2) is 9.42. The van der Waals surface area contributed by atoms with Gasteiger partial charge in [0.2, 0.25) is 5.91 Å². The Morgan fingerprint density at radius 3 is 2.34 bits per heavy atom. The van der Waals surface area contributed by atoms with E-state index in [-0.39, 0.29) is 29.8 Å². The summed E-state index contributed by atoms with van der Waals surface area (Å²) in [5.41, 5.74) is 0.521. The first kappa shape index (κ1) is 21.9. The summed E-state index contributed by atoms with van der Waals surface area (Å²) in [4.78, 5) is 41.4. The standard InChI is InChI=1S/C25H29N3O4/c1-3-17(4-2)23(29)26-18-14-15-27-22(16-18)24(30)28(25(27)31)19-10-12-21(13-11-19)32-20-8-6-5-7-9-20/h5-13,17-18,22H,3-4,14-16H2,1-2H3,(H,26,29)/t18-,22-/m0/s1. The Balaban J connectivity index is 1.43. The fraction of sp³-hybridized carbons (Fsp3) is 0.400. The maximum Gasteiger partial charge on any atom is 0.332 e. The van der Waals surface area contributed by atoms with Crippen LogP contribution in [0.1, 0.15) is 39.5 Å². The maximum atomic E-state index is 13.1. The first-order chi connectivity index (χ1) is 15.5. The summed E-state index contributed by atoms with van der Waals surface area (Å²) in [5, 5.41) is 3.09. The van der Waals surface area contributed by atoms with Crippen molar-refractivity contribution >= 4 is 23.5 Å². The van der Waals surface area contributed by atoms with Gasteiger partial charge in [-0.1, -0.05) is 32.0 Å². The summed E-state index contributed by atoms with van der Waals surface area (Å²) < 4.78 is 5.79. The predicted molar refractivity (Wildman–Crippen MR) is 122 cm³/mol. The molecule has 0 radical (unpaired) electrons. The number of carbonyl (C=O) groups is 3. The molecule has 7 heteroatoms. The first-order valence-corrected chi connectivity index (χ1v) is 11.3. The second-order valence-electron chi connectivity index (χ2n) is 8.32. The molecule has 2 aromatic rings. The van der Waals surface area contributed by atoms with E-state index in [1.807, 2.05) is 44.2 Å². The molecule has 2 atom stereocenters. The largest absolute Gasteiger partial charge is 0.457 e. The van der Waals surface area contributed by atoms with Gasteiger partial charge in [0.25, 0.3) is 5.91 Å². The molecule has 168 valence electrons. The molecular formula is C25H29N3O4. The van der Waals surface area contributed by atoms with Crippen LogP contribution < -0.4 is 15.0 Å². The summed E-state index contributed by atoms with van der Waals surface area (Å²) in [6, 6.07) is 15.4. The van der Waals surface area contributed by atoms with E-state index in [2.05, 4.69) is 5.32 Å². The number of amides is 4. The van der Waals surface area contributed by atoms with Crippen molar-refractivity contribution in [1.82, 2.24) is 10.2 Å². The lowest BCUT2D eigenvalue weighted by atomic mass is 9.96. The molecule has 0 spiro atoms. The van der Waals surface area contributed by atoms with Gasteiger partial charge in [-0.3, -0.25) is 9.59 Å². The molecule has 2 heterocycles. The molecule has 32 heavy (non-hydrogen) atoms. The fourth-order valence-electron chi connectivity index (χ4n) is 4.44. The molecule has 0 bridgehead atoms. The minimum absolute atomic E-state index is 0.0120. The molecule has 0 saturated carbocycles. The number of ether oxygens (including phenoxy) is 1. The van der Waals surface area contributed by atoms with Crippen molar-refractivity contribution in [2.75, 3.05) is 11.4 Å². The summed E-state index contributed by atoms with van der Waals surface area (Å²) in [7, 11) is 0. The number of fused-ring (bicyclic) bond motifs is 1. The monoisotopic (exact) mass is 435 g/mol. The zero-order valence-electron chi connectivity index (χ0n) is 18.5. The van der Waals surface area contributed by atoms with Crippen molar-refractivity contribution in [1.29, 1.82) is 0 Å². The van der Waals surface area contributed by atoms with Crippen molar-refractivity contribution in [2.45, 2.75) is 51.6 Å². The first-order valence-electron chi connectivity index (χ1n) is 11.3. The Kier molecular flexibility index (Phi) is 6.44. The summed E-state index contributed by atoms with van der Waals surface area (Å²) in [6.45, 7) is 4.46. The molecule has 0 unspecified atom stereocenters. The Morgan fingerprint density at radius 2 is 1.69 bits per heavy atom. The van der Waals surface area contributed by atoms with E-state index in [1.54, 1.807) is 29.2 Å². The molecule has 0 aliphatic carbocycles. The number of anilines is 1. The number of nitrogens with one attached hydrogen (secondary N) is 1. The van der Waals surface area contributed by atoms with Gasteiger partial charge in [0.15, 0.2) is 0 Å². The highest BCUT2D eigenvalue weighted by Gasteiger charge is 2.48. The third kappa shape index (κ3) is 4.33. The van der Waals surface area contributed by atoms with Crippen molar-refractivity contribution in [3.63, 3.8) is 0 Å². The van der Waals surface area contributed by atoms with E-state index in [4.69, 9.17) is 4.74 Å². The van der Waals surface area contributed by atoms with Crippen LogP contribution in [0.4, 0.5) is 10.5 Å². The molecule has 2 aromatic carbocycles. The van der Waals surface area contributed by atoms with E-state index < -0.39 is 6.04 Å². The van der Waals surface area contributed by atoms with Crippen molar-refractivity contribution in [2.24, 2.45) is 5.92 Å². The number of rotatable bonds is 7. The number of para-hydroxylation sites is 1. The molecule has 7 nitrogen and oxygen atoms in total. The SMILES string of the molecule is CCC(CC)C(=O)N[C@H]1CCN2C(=O)N(c3ccc(Oc4ccccc4)cc3)C(=O)[C@@H]2C1. The fourth-order valence-corrected chi connectivity index (χ4v) is 4.44. The number of nitrogens with zero attached hydrogens (tertiary/aromatic N) is 2. The highest BCUT2D eigenvalue weighted by molar-refractivity contribution is 6.21. The zero-order valence-corrected chi connectivity index (χ0v) is 18.5. The average molecular weight is 436 g/mol. The molecule has 4 amide bonds. The normalized spacial score (nSPS) is 20.5. The average Bonchev–Trinajstić information content (AvgIpc) is 3.05. The van der Waals surface area contributed by atoms with Gasteiger partial charge in [-0.25, -0.2) is 9.69 Å². The second-order valence-corrected chi connectivity index (χ2v) is 8.32. The van der Waals surface area contributed by atoms with Crippen LogP contribution in [0.15, 0.2) is 54.6 Å². The third-order valence-electron chi connectivity index (χ3n) is 6.32. The van der Waals surface area contributed by atoms with Gasteiger partial charge in [0, 0.05) is 18.5 Å². The molecule has 2 saturated heterocycles. The topological polar surface area (TPSA) is 79.0 Å². The van der Waals surface area contributed by atoms with Gasteiger partial charge in [0.1, 0.15) is 17.5 Å². The Hall–Kier alpha value is -3.35. The number of benzene rings is 2. The lowest BCUT2D eigenvalue weighted by Gasteiger charge is -2.33. The Labute approximate surface area is 188 Å². The Morgan fingerprint density at radius 1 is 1.03 bits per heavy atom. The van der Waals surface area contributed by atoms with Crippen LogP contribution >= 0.6 is 0 Å².